The van der Waals surface area contributed by atoms with Crippen molar-refractivity contribution in [3.8, 4) is 11.8 Å². The number of piperidine rings is 1. The second-order valence-corrected chi connectivity index (χ2v) is 6.23. The number of rotatable bonds is 5. The number of aromatic carboxylic acids is 1. The number of carbonyl (C=O) groups is 1. The molecule has 0 aliphatic carbocycles. The topological polar surface area (TPSA) is 73.6 Å². The van der Waals surface area contributed by atoms with Crippen molar-refractivity contribution in [3.05, 3.63) is 65.2 Å². The Morgan fingerprint density at radius 1 is 1.12 bits per heavy atom. The molecule has 2 aromatic rings. The van der Waals surface area contributed by atoms with E-state index in [1.165, 1.54) is 0 Å². The van der Waals surface area contributed by atoms with Crippen molar-refractivity contribution in [1.82, 2.24) is 4.90 Å². The quantitative estimate of drug-likeness (QED) is 0.907. The first kappa shape index (κ1) is 17.0. The largest absolute Gasteiger partial charge is 0.490 e. The van der Waals surface area contributed by atoms with Gasteiger partial charge in [-0.3, -0.25) is 4.90 Å². The van der Waals surface area contributed by atoms with Crippen LogP contribution in [0.4, 0.5) is 0 Å². The summed E-state index contributed by atoms with van der Waals surface area (Å²) in [6.45, 7) is 2.72. The van der Waals surface area contributed by atoms with E-state index in [2.05, 4.69) is 11.0 Å². The standard InChI is InChI=1S/C20H20N2O3/c21-13-15-3-7-18(8-4-15)25-19-9-11-22(12-10-19)14-16-1-5-17(6-2-16)20(23)24/h1-8,19H,9-12,14H2,(H,23,24). The summed E-state index contributed by atoms with van der Waals surface area (Å²) in [5, 5.41) is 17.8. The van der Waals surface area contributed by atoms with Crippen molar-refractivity contribution in [2.24, 2.45) is 0 Å². The highest BCUT2D eigenvalue weighted by molar-refractivity contribution is 5.87. The van der Waals surface area contributed by atoms with E-state index < -0.39 is 5.97 Å². The van der Waals surface area contributed by atoms with E-state index >= 15 is 0 Å². The normalized spacial score (nSPS) is 15.5. The fourth-order valence-electron chi connectivity index (χ4n) is 3.00. The Morgan fingerprint density at radius 2 is 1.76 bits per heavy atom. The van der Waals surface area contributed by atoms with Crippen LogP contribution in [0.5, 0.6) is 5.75 Å². The Morgan fingerprint density at radius 3 is 2.32 bits per heavy atom. The molecule has 1 aliphatic heterocycles. The van der Waals surface area contributed by atoms with Crippen molar-refractivity contribution in [2.45, 2.75) is 25.5 Å². The molecular weight excluding hydrogens is 316 g/mol. The zero-order valence-corrected chi connectivity index (χ0v) is 13.9. The van der Waals surface area contributed by atoms with Crippen LogP contribution in [0.25, 0.3) is 0 Å². The summed E-state index contributed by atoms with van der Waals surface area (Å²) in [5.41, 5.74) is 2.07. The average molecular weight is 336 g/mol. The number of nitrogens with zero attached hydrogens (tertiary/aromatic N) is 2. The van der Waals surface area contributed by atoms with Gasteiger partial charge in [0.1, 0.15) is 11.9 Å². The highest BCUT2D eigenvalue weighted by atomic mass is 16.5. The molecule has 0 saturated carbocycles. The molecule has 1 aliphatic rings. The van der Waals surface area contributed by atoms with E-state index in [0.29, 0.717) is 11.1 Å². The molecule has 0 radical (unpaired) electrons. The Balaban J connectivity index is 1.48. The van der Waals surface area contributed by atoms with Crippen LogP contribution < -0.4 is 4.74 Å². The third-order valence-corrected chi connectivity index (χ3v) is 4.43. The molecule has 0 spiro atoms. The van der Waals surface area contributed by atoms with Crippen molar-refractivity contribution in [2.75, 3.05) is 13.1 Å². The lowest BCUT2D eigenvalue weighted by Gasteiger charge is -2.32. The second-order valence-electron chi connectivity index (χ2n) is 6.23. The number of benzene rings is 2. The maximum Gasteiger partial charge on any atom is 0.335 e. The fraction of sp³-hybridized carbons (Fsp3) is 0.300. The lowest BCUT2D eigenvalue weighted by molar-refractivity contribution is 0.0696. The zero-order valence-electron chi connectivity index (χ0n) is 13.9. The summed E-state index contributed by atoms with van der Waals surface area (Å²) in [4.78, 5) is 13.2. The zero-order chi connectivity index (χ0) is 17.6. The molecule has 0 aromatic heterocycles. The molecule has 1 saturated heterocycles. The lowest BCUT2D eigenvalue weighted by atomic mass is 10.1. The Labute approximate surface area is 147 Å². The van der Waals surface area contributed by atoms with Gasteiger partial charge in [-0.1, -0.05) is 12.1 Å². The van der Waals surface area contributed by atoms with Gasteiger partial charge in [0.2, 0.25) is 0 Å². The fourth-order valence-corrected chi connectivity index (χ4v) is 3.00. The number of hydrogen-bond acceptors (Lipinski definition) is 4. The van der Waals surface area contributed by atoms with Crippen LogP contribution in [0.15, 0.2) is 48.5 Å². The molecule has 5 heteroatoms. The van der Waals surface area contributed by atoms with Crippen LogP contribution in [0.3, 0.4) is 0 Å². The first-order valence-corrected chi connectivity index (χ1v) is 8.35. The van der Waals surface area contributed by atoms with Gasteiger partial charge in [-0.2, -0.15) is 5.26 Å². The average Bonchev–Trinajstić information content (AvgIpc) is 2.64. The number of nitriles is 1. The van der Waals surface area contributed by atoms with Crippen molar-refractivity contribution < 1.29 is 14.6 Å². The molecule has 2 aromatic carbocycles. The molecular formula is C20H20N2O3. The minimum Gasteiger partial charge on any atom is -0.490 e. The van der Waals surface area contributed by atoms with E-state index in [4.69, 9.17) is 15.1 Å². The summed E-state index contributed by atoms with van der Waals surface area (Å²) in [6.07, 6.45) is 2.10. The predicted molar refractivity (Wildman–Crippen MR) is 93.5 cm³/mol. The van der Waals surface area contributed by atoms with Gasteiger partial charge >= 0.3 is 5.97 Å². The van der Waals surface area contributed by atoms with E-state index in [-0.39, 0.29) is 6.10 Å². The molecule has 0 atom stereocenters. The van der Waals surface area contributed by atoms with Crippen molar-refractivity contribution >= 4 is 5.97 Å². The second kappa shape index (κ2) is 7.82. The SMILES string of the molecule is N#Cc1ccc(OC2CCN(Cc3ccc(C(=O)O)cc3)CC2)cc1. The minimum absolute atomic E-state index is 0.193. The first-order valence-electron chi connectivity index (χ1n) is 8.35. The lowest BCUT2D eigenvalue weighted by Crippen LogP contribution is -2.37. The molecule has 1 N–H and O–H groups in total. The van der Waals surface area contributed by atoms with Gasteiger partial charge in [0.05, 0.1) is 17.2 Å². The first-order chi connectivity index (χ1) is 12.1. The Bertz CT molecular complexity index is 755. The predicted octanol–water partition coefficient (Wildman–Crippen LogP) is 3.30. The number of hydrogen-bond donors (Lipinski definition) is 1. The maximum absolute atomic E-state index is 10.9. The van der Waals surface area contributed by atoms with Crippen molar-refractivity contribution in [3.63, 3.8) is 0 Å². The van der Waals surface area contributed by atoms with E-state index in [1.807, 2.05) is 24.3 Å². The third kappa shape index (κ3) is 4.59. The molecule has 5 nitrogen and oxygen atoms in total. The molecule has 128 valence electrons. The summed E-state index contributed by atoms with van der Waals surface area (Å²) >= 11 is 0. The molecule has 3 rings (SSSR count). The Hall–Kier alpha value is -2.84. The van der Waals surface area contributed by atoms with E-state index in [0.717, 1.165) is 43.8 Å². The maximum atomic E-state index is 10.9. The van der Waals surface area contributed by atoms with Gasteiger partial charge in [-0.25, -0.2) is 4.79 Å². The molecule has 0 bridgehead atoms. The monoisotopic (exact) mass is 336 g/mol. The van der Waals surface area contributed by atoms with E-state index in [1.54, 1.807) is 24.3 Å². The van der Waals surface area contributed by atoms with Crippen LogP contribution in [0, 0.1) is 11.3 Å². The summed E-state index contributed by atoms with van der Waals surface area (Å²) < 4.78 is 5.99. The molecule has 1 heterocycles. The van der Waals surface area contributed by atoms with Gasteiger partial charge in [-0.15, -0.1) is 0 Å². The van der Waals surface area contributed by atoms with Crippen LogP contribution >= 0.6 is 0 Å². The van der Waals surface area contributed by atoms with Gasteiger partial charge in [0.25, 0.3) is 0 Å². The summed E-state index contributed by atoms with van der Waals surface area (Å²) in [7, 11) is 0. The summed E-state index contributed by atoms with van der Waals surface area (Å²) in [6, 6.07) is 16.4. The minimum atomic E-state index is -0.896. The highest BCUT2D eigenvalue weighted by Crippen LogP contribution is 2.20. The summed E-state index contributed by atoms with van der Waals surface area (Å²) in [5.74, 6) is -0.0889. The number of carboxylic acid groups (broad SMARTS) is 1. The smallest absolute Gasteiger partial charge is 0.335 e. The van der Waals surface area contributed by atoms with Crippen LogP contribution in [-0.2, 0) is 6.54 Å². The van der Waals surface area contributed by atoms with Crippen molar-refractivity contribution in [1.29, 1.82) is 5.26 Å². The van der Waals surface area contributed by atoms with Crippen LogP contribution in [-0.4, -0.2) is 35.2 Å². The molecule has 0 amide bonds. The number of carboxylic acids is 1. The number of likely N-dealkylation sites (tertiary alicyclic amines) is 1. The van der Waals surface area contributed by atoms with Crippen LogP contribution in [0.1, 0.15) is 34.3 Å². The van der Waals surface area contributed by atoms with Gasteiger partial charge < -0.3 is 9.84 Å². The highest BCUT2D eigenvalue weighted by Gasteiger charge is 2.20. The number of ether oxygens (including phenoxy) is 1. The van der Waals surface area contributed by atoms with Crippen LogP contribution in [0.2, 0.25) is 0 Å². The molecule has 1 fully saturated rings. The van der Waals surface area contributed by atoms with Gasteiger partial charge in [0.15, 0.2) is 0 Å². The van der Waals surface area contributed by atoms with E-state index in [9.17, 15) is 4.79 Å². The Kier molecular flexibility index (Phi) is 5.32. The van der Waals surface area contributed by atoms with Gasteiger partial charge in [0, 0.05) is 19.6 Å². The van der Waals surface area contributed by atoms with Gasteiger partial charge in [-0.05, 0) is 54.8 Å². The molecule has 0 unspecified atom stereocenters. The molecule has 25 heavy (non-hydrogen) atoms. The third-order valence-electron chi connectivity index (χ3n) is 4.43.